The van der Waals surface area contributed by atoms with Crippen LogP contribution in [0.4, 0.5) is 0 Å². The summed E-state index contributed by atoms with van der Waals surface area (Å²) in [6.45, 7) is 6.68. The number of pyridine rings is 2. The number of hydrogen-bond donors (Lipinski definition) is 1. The third kappa shape index (κ3) is 3.87. The lowest BCUT2D eigenvalue weighted by molar-refractivity contribution is 0.0813. The van der Waals surface area contributed by atoms with Crippen LogP contribution in [0.2, 0.25) is 0 Å². The van der Waals surface area contributed by atoms with Gasteiger partial charge in [-0.1, -0.05) is 0 Å². The minimum Gasteiger partial charge on any atom is -0.360 e. The molecule has 0 amide bonds. The molecule has 31 heavy (non-hydrogen) atoms. The van der Waals surface area contributed by atoms with Crippen molar-refractivity contribution in [1.82, 2.24) is 24.8 Å². The fraction of sp³-hybridized carbons (Fsp3) is 0.615. The third-order valence-corrected chi connectivity index (χ3v) is 8.24. The van der Waals surface area contributed by atoms with Crippen LogP contribution in [-0.2, 0) is 0 Å². The van der Waals surface area contributed by atoms with Gasteiger partial charge in [-0.05, 0) is 101 Å². The molecular formula is C26H35N5. The largest absolute Gasteiger partial charge is 0.360 e. The number of H-pyrrole nitrogens is 1. The highest BCUT2D eigenvalue weighted by Gasteiger charge is 2.31. The molecule has 2 aliphatic heterocycles. The maximum absolute atomic E-state index is 4.52. The number of rotatable bonds is 4. The molecule has 0 bridgehead atoms. The number of likely N-dealkylation sites (tertiary alicyclic amines) is 2. The Bertz CT molecular complexity index is 1030. The quantitative estimate of drug-likeness (QED) is 0.653. The molecular weight excluding hydrogens is 382 g/mol. The van der Waals surface area contributed by atoms with Gasteiger partial charge in [0.2, 0.25) is 0 Å². The molecule has 5 heterocycles. The summed E-state index contributed by atoms with van der Waals surface area (Å²) in [6.07, 6.45) is 16.9. The smallest absolute Gasteiger partial charge is 0.159 e. The van der Waals surface area contributed by atoms with Crippen molar-refractivity contribution in [3.63, 3.8) is 0 Å². The van der Waals surface area contributed by atoms with E-state index in [1.165, 1.54) is 100 Å². The zero-order valence-electron chi connectivity index (χ0n) is 18.6. The summed E-state index contributed by atoms with van der Waals surface area (Å²) >= 11 is 0. The molecule has 3 fully saturated rings. The molecule has 1 N–H and O–H groups in total. The Morgan fingerprint density at radius 1 is 0.935 bits per heavy atom. The minimum atomic E-state index is 0.652. The van der Waals surface area contributed by atoms with Crippen LogP contribution in [0, 0.1) is 5.92 Å². The van der Waals surface area contributed by atoms with E-state index >= 15 is 0 Å². The van der Waals surface area contributed by atoms with E-state index in [1.54, 1.807) is 0 Å². The fourth-order valence-corrected chi connectivity index (χ4v) is 6.69. The van der Waals surface area contributed by atoms with Crippen LogP contribution in [0.25, 0.3) is 21.9 Å². The van der Waals surface area contributed by atoms with E-state index in [1.807, 2.05) is 12.4 Å². The number of nitrogens with one attached hydrogen (secondary N) is 1. The number of fused-ring (bicyclic) bond motifs is 3. The van der Waals surface area contributed by atoms with E-state index in [0.717, 1.165) is 23.1 Å². The van der Waals surface area contributed by atoms with Gasteiger partial charge in [0, 0.05) is 42.3 Å². The summed E-state index contributed by atoms with van der Waals surface area (Å²) in [5.41, 5.74) is 3.51. The zero-order chi connectivity index (χ0) is 20.6. The number of nitrogens with zero attached hydrogens (tertiary/aromatic N) is 4. The molecule has 5 heteroatoms. The summed E-state index contributed by atoms with van der Waals surface area (Å²) in [7, 11) is 0. The molecule has 0 aromatic carbocycles. The molecule has 3 aromatic rings. The Morgan fingerprint density at radius 2 is 1.81 bits per heavy atom. The maximum atomic E-state index is 4.52. The van der Waals surface area contributed by atoms with Crippen LogP contribution < -0.4 is 0 Å². The van der Waals surface area contributed by atoms with Crippen LogP contribution >= 0.6 is 0 Å². The normalized spacial score (nSPS) is 28.6. The number of aromatic amines is 1. The SMILES string of the molecule is c1cc2c(n1)ncc1[nH]ccc(C3CCC(N4CCCC(CN5CCCC5)C4)CC3)c12. The number of hydrogen-bond acceptors (Lipinski definition) is 4. The van der Waals surface area contributed by atoms with Crippen LogP contribution in [0.1, 0.15) is 62.8 Å². The highest BCUT2D eigenvalue weighted by atomic mass is 15.2. The fourth-order valence-electron chi connectivity index (χ4n) is 6.69. The molecule has 2 saturated heterocycles. The standard InChI is InChI=1S/C26H35N5/c1-2-14-30(13-1)17-19-4-3-15-31(18-19)21-7-5-20(6-8-21)22-9-11-27-24-16-29-26-23(25(22)24)10-12-28-26/h9-12,16,19-21,27H,1-8,13-15,17-18H2. The van der Waals surface area contributed by atoms with Crippen molar-refractivity contribution in [2.75, 3.05) is 32.7 Å². The van der Waals surface area contributed by atoms with Crippen LogP contribution in [0.3, 0.4) is 0 Å². The average molecular weight is 418 g/mol. The molecule has 164 valence electrons. The average Bonchev–Trinajstić information content (AvgIpc) is 3.51. The molecule has 6 rings (SSSR count). The first-order valence-electron chi connectivity index (χ1n) is 12.5. The van der Waals surface area contributed by atoms with Crippen molar-refractivity contribution in [2.45, 2.75) is 63.3 Å². The summed E-state index contributed by atoms with van der Waals surface area (Å²) < 4.78 is 0. The van der Waals surface area contributed by atoms with Crippen molar-refractivity contribution in [3.8, 4) is 0 Å². The topological polar surface area (TPSA) is 48.1 Å². The van der Waals surface area contributed by atoms with Crippen molar-refractivity contribution in [3.05, 3.63) is 36.3 Å². The van der Waals surface area contributed by atoms with Gasteiger partial charge in [-0.3, -0.25) is 0 Å². The molecule has 3 aromatic heterocycles. The van der Waals surface area contributed by atoms with E-state index in [-0.39, 0.29) is 0 Å². The zero-order valence-corrected chi connectivity index (χ0v) is 18.6. The Morgan fingerprint density at radius 3 is 2.68 bits per heavy atom. The van der Waals surface area contributed by atoms with Gasteiger partial charge in [0.25, 0.3) is 0 Å². The van der Waals surface area contributed by atoms with Gasteiger partial charge in [0.15, 0.2) is 5.65 Å². The molecule has 5 nitrogen and oxygen atoms in total. The van der Waals surface area contributed by atoms with Crippen LogP contribution in [0.15, 0.2) is 30.7 Å². The van der Waals surface area contributed by atoms with Crippen molar-refractivity contribution >= 4 is 21.9 Å². The van der Waals surface area contributed by atoms with Gasteiger partial charge in [0.1, 0.15) is 0 Å². The summed E-state index contributed by atoms with van der Waals surface area (Å²) in [5, 5.41) is 2.55. The lowest BCUT2D eigenvalue weighted by Crippen LogP contribution is -2.46. The van der Waals surface area contributed by atoms with Gasteiger partial charge in [-0.25, -0.2) is 9.97 Å². The van der Waals surface area contributed by atoms with Crippen LogP contribution in [-0.4, -0.2) is 63.5 Å². The highest BCUT2D eigenvalue weighted by Crippen LogP contribution is 2.40. The summed E-state index contributed by atoms with van der Waals surface area (Å²) in [4.78, 5) is 17.9. The van der Waals surface area contributed by atoms with Gasteiger partial charge < -0.3 is 14.8 Å². The van der Waals surface area contributed by atoms with E-state index in [0.29, 0.717) is 5.92 Å². The van der Waals surface area contributed by atoms with Crippen molar-refractivity contribution < 1.29 is 0 Å². The number of piperidine rings is 1. The van der Waals surface area contributed by atoms with Gasteiger partial charge >= 0.3 is 0 Å². The van der Waals surface area contributed by atoms with Crippen molar-refractivity contribution in [2.24, 2.45) is 5.92 Å². The first-order valence-corrected chi connectivity index (χ1v) is 12.5. The first kappa shape index (κ1) is 19.7. The van der Waals surface area contributed by atoms with E-state index in [4.69, 9.17) is 0 Å². The molecule has 1 aliphatic carbocycles. The van der Waals surface area contributed by atoms with Gasteiger partial charge in [-0.2, -0.15) is 0 Å². The lowest BCUT2D eigenvalue weighted by Gasteiger charge is -2.42. The van der Waals surface area contributed by atoms with Crippen molar-refractivity contribution in [1.29, 1.82) is 0 Å². The Labute approximate surface area is 185 Å². The Kier molecular flexibility index (Phi) is 5.41. The molecule has 1 unspecified atom stereocenters. The summed E-state index contributed by atoms with van der Waals surface area (Å²) in [5.74, 6) is 1.54. The van der Waals surface area contributed by atoms with E-state index < -0.39 is 0 Å². The molecule has 1 atom stereocenters. The third-order valence-electron chi connectivity index (χ3n) is 8.24. The van der Waals surface area contributed by atoms with E-state index in [9.17, 15) is 0 Å². The minimum absolute atomic E-state index is 0.652. The lowest BCUT2D eigenvalue weighted by atomic mass is 9.79. The molecule has 0 spiro atoms. The van der Waals surface area contributed by atoms with E-state index in [2.05, 4.69) is 43.1 Å². The summed E-state index contributed by atoms with van der Waals surface area (Å²) in [6, 6.07) is 5.23. The van der Waals surface area contributed by atoms with Gasteiger partial charge in [0.05, 0.1) is 11.7 Å². The Hall–Kier alpha value is -1.98. The highest BCUT2D eigenvalue weighted by molar-refractivity contribution is 6.05. The second-order valence-electron chi connectivity index (χ2n) is 10.2. The molecule has 3 aliphatic rings. The predicted molar refractivity (Wildman–Crippen MR) is 126 cm³/mol. The monoisotopic (exact) mass is 417 g/mol. The second kappa shape index (κ2) is 8.51. The maximum Gasteiger partial charge on any atom is 0.159 e. The number of aromatic nitrogens is 3. The Balaban J connectivity index is 1.14. The molecule has 0 radical (unpaired) electrons. The second-order valence-corrected chi connectivity index (χ2v) is 10.2. The first-order chi connectivity index (χ1) is 15.3. The predicted octanol–water partition coefficient (Wildman–Crippen LogP) is 4.95. The molecule has 1 saturated carbocycles. The van der Waals surface area contributed by atoms with Gasteiger partial charge in [-0.15, -0.1) is 0 Å². The van der Waals surface area contributed by atoms with Crippen LogP contribution in [0.5, 0.6) is 0 Å².